The Labute approximate surface area is 195 Å². The molecule has 1 aliphatic rings. The Balaban J connectivity index is 1.21. The lowest BCUT2D eigenvalue weighted by Crippen LogP contribution is -2.26. The molecule has 6 nitrogen and oxygen atoms in total. The Hall–Kier alpha value is -4.63. The number of ether oxygens (including phenoxy) is 1. The van der Waals surface area contributed by atoms with Gasteiger partial charge in [-0.2, -0.15) is 0 Å². The zero-order chi connectivity index (χ0) is 23.5. The minimum Gasteiger partial charge on any atom is -0.463 e. The fourth-order valence-corrected chi connectivity index (χ4v) is 4.22. The van der Waals surface area contributed by atoms with Crippen LogP contribution in [0.15, 0.2) is 82.2 Å². The van der Waals surface area contributed by atoms with E-state index in [1.807, 2.05) is 24.3 Å². The first-order valence-corrected chi connectivity index (χ1v) is 10.7. The number of fused-ring (bicyclic) bond motifs is 4. The van der Waals surface area contributed by atoms with Crippen molar-refractivity contribution in [3.05, 3.63) is 105 Å². The summed E-state index contributed by atoms with van der Waals surface area (Å²) in [5.74, 6) is 5.72. The van der Waals surface area contributed by atoms with E-state index in [0.29, 0.717) is 17.4 Å². The molecule has 0 fully saturated rings. The van der Waals surface area contributed by atoms with E-state index in [1.54, 1.807) is 18.2 Å². The number of aldehydes is 1. The van der Waals surface area contributed by atoms with Crippen LogP contribution in [0.5, 0.6) is 0 Å². The van der Waals surface area contributed by atoms with Crippen LogP contribution in [-0.2, 0) is 4.74 Å². The minimum atomic E-state index is -0.550. The van der Waals surface area contributed by atoms with Crippen LogP contribution in [0.3, 0.4) is 0 Å². The molecule has 1 heterocycles. The third kappa shape index (κ3) is 3.96. The highest BCUT2D eigenvalue weighted by molar-refractivity contribution is 5.85. The van der Waals surface area contributed by atoms with Crippen molar-refractivity contribution in [1.82, 2.24) is 5.32 Å². The number of alkyl carbamates (subject to hydrolysis) is 1. The zero-order valence-corrected chi connectivity index (χ0v) is 18.0. The minimum absolute atomic E-state index is 0.00945. The van der Waals surface area contributed by atoms with Gasteiger partial charge in [-0.25, -0.2) is 4.79 Å². The highest BCUT2D eigenvalue weighted by Crippen LogP contribution is 2.44. The number of rotatable bonds is 4. The van der Waals surface area contributed by atoms with Gasteiger partial charge in [-0.15, -0.1) is 0 Å². The van der Waals surface area contributed by atoms with Gasteiger partial charge in [0.1, 0.15) is 18.5 Å². The van der Waals surface area contributed by atoms with Gasteiger partial charge in [0.05, 0.1) is 17.5 Å². The molecule has 1 amide bonds. The molecule has 34 heavy (non-hydrogen) atoms. The molecule has 6 heteroatoms. The number of carbonyl (C=O) groups is 2. The van der Waals surface area contributed by atoms with Gasteiger partial charge in [-0.3, -0.25) is 9.59 Å². The highest BCUT2D eigenvalue weighted by atomic mass is 16.5. The third-order valence-corrected chi connectivity index (χ3v) is 5.82. The van der Waals surface area contributed by atoms with Crippen molar-refractivity contribution < 1.29 is 18.7 Å². The quantitative estimate of drug-likeness (QED) is 0.366. The van der Waals surface area contributed by atoms with Crippen molar-refractivity contribution in [2.75, 3.05) is 13.2 Å². The van der Waals surface area contributed by atoms with Crippen molar-refractivity contribution in [3.63, 3.8) is 0 Å². The van der Waals surface area contributed by atoms with E-state index in [9.17, 15) is 14.4 Å². The normalized spacial score (nSPS) is 11.8. The number of hydrogen-bond donors (Lipinski definition) is 1. The van der Waals surface area contributed by atoms with Gasteiger partial charge in [0.2, 0.25) is 5.43 Å². The number of amides is 1. The van der Waals surface area contributed by atoms with Crippen LogP contribution in [0.25, 0.3) is 22.1 Å². The van der Waals surface area contributed by atoms with Crippen molar-refractivity contribution in [2.45, 2.75) is 5.92 Å². The molecular weight excluding hydrogens is 430 g/mol. The van der Waals surface area contributed by atoms with Crippen LogP contribution in [0.4, 0.5) is 4.79 Å². The Morgan fingerprint density at radius 3 is 2.44 bits per heavy atom. The van der Waals surface area contributed by atoms with Crippen LogP contribution < -0.4 is 10.7 Å². The molecule has 1 aliphatic carbocycles. The van der Waals surface area contributed by atoms with E-state index in [0.717, 1.165) is 17.4 Å². The maximum Gasteiger partial charge on any atom is 0.407 e. The molecule has 0 radical (unpaired) electrons. The van der Waals surface area contributed by atoms with Gasteiger partial charge in [0, 0.05) is 11.5 Å². The topological polar surface area (TPSA) is 85.6 Å². The van der Waals surface area contributed by atoms with E-state index >= 15 is 0 Å². The van der Waals surface area contributed by atoms with Crippen LogP contribution in [0, 0.1) is 11.8 Å². The number of carbonyl (C=O) groups excluding carboxylic acids is 2. The molecule has 0 unspecified atom stereocenters. The van der Waals surface area contributed by atoms with Crippen molar-refractivity contribution >= 4 is 23.3 Å². The molecule has 0 atom stereocenters. The van der Waals surface area contributed by atoms with Gasteiger partial charge >= 0.3 is 6.09 Å². The van der Waals surface area contributed by atoms with Crippen LogP contribution in [0.2, 0.25) is 0 Å². The predicted octanol–water partition coefficient (Wildman–Crippen LogP) is 4.50. The van der Waals surface area contributed by atoms with E-state index in [1.165, 1.54) is 11.1 Å². The molecular formula is C28H19NO5. The maximum absolute atomic E-state index is 12.3. The largest absolute Gasteiger partial charge is 0.463 e. The Morgan fingerprint density at radius 2 is 1.74 bits per heavy atom. The standard InChI is InChI=1S/C28H19NO5/c30-15-19-16-33-26-12-11-18(14-24(26)27(19)31)6-5-13-29-28(32)34-17-25-22-9-3-1-7-20(22)21-8-2-4-10-23(21)25/h1-4,7-12,14-16,25H,13,17H2,(H,29,32). The lowest BCUT2D eigenvalue weighted by Gasteiger charge is -2.14. The Morgan fingerprint density at radius 1 is 1.03 bits per heavy atom. The summed E-state index contributed by atoms with van der Waals surface area (Å²) < 4.78 is 10.8. The van der Waals surface area contributed by atoms with Crippen molar-refractivity contribution in [3.8, 4) is 23.0 Å². The predicted molar refractivity (Wildman–Crippen MR) is 128 cm³/mol. The molecule has 4 aromatic rings. The van der Waals surface area contributed by atoms with Crippen molar-refractivity contribution in [2.24, 2.45) is 0 Å². The van der Waals surface area contributed by atoms with E-state index in [2.05, 4.69) is 41.4 Å². The fraction of sp³-hybridized carbons (Fsp3) is 0.107. The summed E-state index contributed by atoms with van der Waals surface area (Å²) in [6, 6.07) is 21.2. The highest BCUT2D eigenvalue weighted by Gasteiger charge is 2.28. The van der Waals surface area contributed by atoms with Gasteiger partial charge in [-0.05, 0) is 40.5 Å². The summed E-state index contributed by atoms with van der Waals surface area (Å²) in [7, 11) is 0. The second kappa shape index (κ2) is 9.08. The zero-order valence-electron chi connectivity index (χ0n) is 18.0. The Kier molecular flexibility index (Phi) is 5.67. The summed E-state index contributed by atoms with van der Waals surface area (Å²) in [5, 5.41) is 2.91. The average Bonchev–Trinajstić information content (AvgIpc) is 3.19. The second-order valence-electron chi connectivity index (χ2n) is 7.83. The smallest absolute Gasteiger partial charge is 0.407 e. The summed E-state index contributed by atoms with van der Waals surface area (Å²) in [5.41, 5.74) is 5.12. The first-order valence-electron chi connectivity index (χ1n) is 10.7. The Bertz CT molecular complexity index is 1490. The molecule has 0 saturated carbocycles. The van der Waals surface area contributed by atoms with E-state index < -0.39 is 11.5 Å². The van der Waals surface area contributed by atoms with Gasteiger partial charge in [-0.1, -0.05) is 60.4 Å². The first kappa shape index (κ1) is 21.2. The van der Waals surface area contributed by atoms with E-state index in [4.69, 9.17) is 9.15 Å². The fourth-order valence-electron chi connectivity index (χ4n) is 4.22. The van der Waals surface area contributed by atoms with Gasteiger partial charge in [0.25, 0.3) is 0 Å². The molecule has 3 aromatic carbocycles. The molecule has 0 saturated heterocycles. The lowest BCUT2D eigenvalue weighted by molar-refractivity contribution is 0.112. The third-order valence-electron chi connectivity index (χ3n) is 5.82. The molecule has 5 rings (SSSR count). The molecule has 166 valence electrons. The SMILES string of the molecule is O=Cc1coc2ccc(C#CCNC(=O)OCC3c4ccccc4-c4ccccc43)cc2c1=O. The number of nitrogens with one attached hydrogen (secondary N) is 1. The first-order chi connectivity index (χ1) is 16.7. The van der Waals surface area contributed by atoms with Gasteiger partial charge < -0.3 is 14.5 Å². The second-order valence-corrected chi connectivity index (χ2v) is 7.83. The summed E-state index contributed by atoms with van der Waals surface area (Å²) in [6.07, 6.45) is 1.05. The summed E-state index contributed by atoms with van der Waals surface area (Å²) in [6.45, 7) is 0.310. The number of benzene rings is 3. The van der Waals surface area contributed by atoms with Crippen LogP contribution in [0.1, 0.15) is 33.0 Å². The maximum atomic E-state index is 12.3. The molecule has 0 spiro atoms. The number of hydrogen-bond acceptors (Lipinski definition) is 5. The molecule has 0 bridgehead atoms. The average molecular weight is 449 g/mol. The summed E-state index contributed by atoms with van der Waals surface area (Å²) in [4.78, 5) is 35.4. The molecule has 1 aromatic heterocycles. The monoisotopic (exact) mass is 449 g/mol. The van der Waals surface area contributed by atoms with Crippen molar-refractivity contribution in [1.29, 1.82) is 0 Å². The molecule has 1 N–H and O–H groups in total. The van der Waals surface area contributed by atoms with Gasteiger partial charge in [0.15, 0.2) is 6.29 Å². The van der Waals surface area contributed by atoms with Crippen LogP contribution >= 0.6 is 0 Å². The van der Waals surface area contributed by atoms with Crippen LogP contribution in [-0.4, -0.2) is 25.5 Å². The molecule has 0 aliphatic heterocycles. The lowest BCUT2D eigenvalue weighted by atomic mass is 9.98. The summed E-state index contributed by atoms with van der Waals surface area (Å²) >= 11 is 0. The van der Waals surface area contributed by atoms with E-state index in [-0.39, 0.29) is 30.0 Å².